The molecule has 1 aromatic rings. The summed E-state index contributed by atoms with van der Waals surface area (Å²) in [4.78, 5) is 13.7. The Morgan fingerprint density at radius 2 is 1.55 bits per heavy atom. The van der Waals surface area contributed by atoms with Crippen LogP contribution in [0, 0.1) is 0 Å². The Kier molecular flexibility index (Phi) is 15.0. The molecule has 4 nitrogen and oxygen atoms in total. The number of benzene rings is 1. The molecule has 0 radical (unpaired) electrons. The largest absolute Gasteiger partial charge is 0.336 e. The van der Waals surface area contributed by atoms with Crippen molar-refractivity contribution in [3.05, 3.63) is 24.3 Å². The van der Waals surface area contributed by atoms with Gasteiger partial charge in [0.2, 0.25) is 0 Å². The van der Waals surface area contributed by atoms with Gasteiger partial charge in [-0.1, -0.05) is 41.5 Å². The minimum atomic E-state index is -0.0607. The summed E-state index contributed by atoms with van der Waals surface area (Å²) < 4.78 is 8.77. The van der Waals surface area contributed by atoms with Crippen LogP contribution in [0.25, 0.3) is 0 Å². The first kappa shape index (κ1) is 21.1. The number of rotatable bonds is 2. The third kappa shape index (κ3) is 6.82. The molecular formula is C15H28N2O2S. The molecule has 0 atom stereocenters. The van der Waals surface area contributed by atoms with Gasteiger partial charge >= 0.3 is 6.03 Å². The minimum Gasteiger partial charge on any atom is -0.336 e. The van der Waals surface area contributed by atoms with Gasteiger partial charge in [-0.3, -0.25) is 4.90 Å². The zero-order valence-electron chi connectivity index (χ0n) is 13.4. The summed E-state index contributed by atoms with van der Waals surface area (Å²) in [5.74, 6) is 0. The van der Waals surface area contributed by atoms with E-state index in [0.29, 0.717) is 25.1 Å². The van der Waals surface area contributed by atoms with Crippen LogP contribution in [0.2, 0.25) is 0 Å². The van der Waals surface area contributed by atoms with Crippen LogP contribution in [0.1, 0.15) is 41.5 Å². The number of hydrogen-bond acceptors (Lipinski definition) is 3. The average molecular weight is 300 g/mol. The van der Waals surface area contributed by atoms with Gasteiger partial charge in [-0.2, -0.15) is 0 Å². The van der Waals surface area contributed by atoms with Gasteiger partial charge in [-0.25, -0.2) is 4.79 Å². The molecule has 2 N–H and O–H groups in total. The van der Waals surface area contributed by atoms with Gasteiger partial charge in [-0.15, -0.1) is 0 Å². The van der Waals surface area contributed by atoms with Crippen LogP contribution in [0.4, 0.5) is 10.5 Å². The topological polar surface area (TPSA) is 52.6 Å². The molecule has 0 unspecified atom stereocenters. The first-order valence-corrected chi connectivity index (χ1v) is 8.05. The first-order chi connectivity index (χ1) is 9.81. The fraction of sp³-hybridized carbons (Fsp3) is 0.533. The van der Waals surface area contributed by atoms with Crippen molar-refractivity contribution in [3.8, 4) is 0 Å². The summed E-state index contributed by atoms with van der Waals surface area (Å²) in [6, 6.07) is 7.15. The highest BCUT2D eigenvalue weighted by Gasteiger charge is 2.20. The Hall–Kier alpha value is -1.20. The molecule has 5 heteroatoms. The van der Waals surface area contributed by atoms with Crippen LogP contribution >= 0.6 is 12.0 Å². The van der Waals surface area contributed by atoms with E-state index in [1.54, 1.807) is 17.0 Å². The Labute approximate surface area is 127 Å². The average Bonchev–Trinajstić information content (AvgIpc) is 2.99. The molecule has 1 aliphatic heterocycles. The molecule has 116 valence electrons. The molecule has 0 spiro atoms. The van der Waals surface area contributed by atoms with Gasteiger partial charge in [0.1, 0.15) is 0 Å². The lowest BCUT2D eigenvalue weighted by molar-refractivity contribution is 0.252. The van der Waals surface area contributed by atoms with Crippen LogP contribution in [-0.4, -0.2) is 23.7 Å². The highest BCUT2D eigenvalue weighted by Crippen LogP contribution is 2.21. The first-order valence-electron chi connectivity index (χ1n) is 7.28. The van der Waals surface area contributed by atoms with E-state index in [1.807, 2.05) is 53.7 Å². The predicted octanol–water partition coefficient (Wildman–Crippen LogP) is 4.86. The van der Waals surface area contributed by atoms with E-state index in [1.165, 1.54) is 0 Å². The number of carbonyl (C=O) groups is 1. The molecule has 1 fully saturated rings. The lowest BCUT2D eigenvalue weighted by Crippen LogP contribution is -2.27. The van der Waals surface area contributed by atoms with Crippen molar-refractivity contribution in [2.45, 2.75) is 46.4 Å². The predicted molar refractivity (Wildman–Crippen MR) is 89.7 cm³/mol. The van der Waals surface area contributed by atoms with E-state index in [2.05, 4.69) is 5.32 Å². The van der Waals surface area contributed by atoms with E-state index >= 15 is 0 Å². The third-order valence-corrected chi connectivity index (χ3v) is 2.59. The van der Waals surface area contributed by atoms with E-state index < -0.39 is 0 Å². The second kappa shape index (κ2) is 14.2. The summed E-state index contributed by atoms with van der Waals surface area (Å²) in [6.07, 6.45) is 0. The summed E-state index contributed by atoms with van der Waals surface area (Å²) in [7, 11) is 0. The van der Waals surface area contributed by atoms with E-state index in [0.717, 1.165) is 10.6 Å². The lowest BCUT2D eigenvalue weighted by Gasteiger charge is -2.13. The maximum Gasteiger partial charge on any atom is 0.321 e. The van der Waals surface area contributed by atoms with Crippen molar-refractivity contribution in [3.63, 3.8) is 0 Å². The monoisotopic (exact) mass is 300 g/mol. The number of anilines is 1. The smallest absolute Gasteiger partial charge is 0.321 e. The number of nitrogens with one attached hydrogen (secondary N) is 1. The number of amides is 2. The zero-order chi connectivity index (χ0) is 16.0. The van der Waals surface area contributed by atoms with Gasteiger partial charge < -0.3 is 9.87 Å². The number of nitrogens with zero attached hydrogens (tertiary/aromatic N) is 1. The molecule has 0 aromatic heterocycles. The summed E-state index contributed by atoms with van der Waals surface area (Å²) in [5.41, 5.74) is 0.859. The number of carbonyl (C=O) groups excluding carboxylic acids is 1. The highest BCUT2D eigenvalue weighted by atomic mass is 32.2. The lowest BCUT2D eigenvalue weighted by atomic mass is 10.3. The van der Waals surface area contributed by atoms with Crippen molar-refractivity contribution in [2.24, 2.45) is 0 Å². The van der Waals surface area contributed by atoms with Crippen LogP contribution in [0.15, 0.2) is 29.2 Å². The molecule has 1 aromatic carbocycles. The molecule has 2 rings (SSSR count). The summed E-state index contributed by atoms with van der Waals surface area (Å²) in [5, 5.41) is 2.73. The van der Waals surface area contributed by atoms with Crippen LogP contribution < -0.4 is 10.2 Å². The van der Waals surface area contributed by atoms with Gasteiger partial charge in [0.15, 0.2) is 0 Å². The molecule has 2 amide bonds. The molecule has 1 saturated heterocycles. The van der Waals surface area contributed by atoms with Gasteiger partial charge in [0.25, 0.3) is 0 Å². The number of hydrogen-bond donors (Lipinski definition) is 2. The van der Waals surface area contributed by atoms with Gasteiger partial charge in [0, 0.05) is 35.7 Å². The SMILES string of the molecule is CC.CC.CC.O=C1NCCN1c1ccc(SO)cc1. The van der Waals surface area contributed by atoms with Crippen molar-refractivity contribution in [1.29, 1.82) is 0 Å². The Balaban J connectivity index is 0. The van der Waals surface area contributed by atoms with Crippen LogP contribution in [0.3, 0.4) is 0 Å². The Morgan fingerprint density at radius 3 is 1.90 bits per heavy atom. The van der Waals surface area contributed by atoms with E-state index in [4.69, 9.17) is 4.55 Å². The summed E-state index contributed by atoms with van der Waals surface area (Å²) in [6.45, 7) is 13.4. The van der Waals surface area contributed by atoms with Gasteiger partial charge in [0.05, 0.1) is 0 Å². The number of urea groups is 1. The van der Waals surface area contributed by atoms with E-state index in [9.17, 15) is 4.79 Å². The second-order valence-electron chi connectivity index (χ2n) is 2.97. The van der Waals surface area contributed by atoms with Crippen LogP contribution in [-0.2, 0) is 0 Å². The standard InChI is InChI=1S/C9H10N2O2S.3C2H6/c12-9-10-5-6-11(9)7-1-3-8(14-13)4-2-7;3*1-2/h1-4,13H,5-6H2,(H,10,12);3*1-2H3. The molecule has 0 saturated carbocycles. The molecule has 1 heterocycles. The highest BCUT2D eigenvalue weighted by molar-refractivity contribution is 7.93. The quantitative estimate of drug-likeness (QED) is 0.767. The van der Waals surface area contributed by atoms with Crippen molar-refractivity contribution >= 4 is 23.8 Å². The third-order valence-electron chi connectivity index (χ3n) is 2.11. The minimum absolute atomic E-state index is 0.0607. The van der Waals surface area contributed by atoms with E-state index in [-0.39, 0.29) is 6.03 Å². The molecule has 0 bridgehead atoms. The maximum atomic E-state index is 11.3. The maximum absolute atomic E-state index is 11.3. The van der Waals surface area contributed by atoms with Crippen molar-refractivity contribution in [2.75, 3.05) is 18.0 Å². The van der Waals surface area contributed by atoms with Crippen molar-refractivity contribution in [1.82, 2.24) is 5.32 Å². The normalized spacial score (nSPS) is 11.9. The summed E-state index contributed by atoms with van der Waals surface area (Å²) >= 11 is 0.702. The molecule has 0 aliphatic carbocycles. The fourth-order valence-electron chi connectivity index (χ4n) is 1.40. The fourth-order valence-corrected chi connectivity index (χ4v) is 1.66. The van der Waals surface area contributed by atoms with Gasteiger partial charge in [-0.05, 0) is 24.3 Å². The van der Waals surface area contributed by atoms with Crippen molar-refractivity contribution < 1.29 is 9.35 Å². The zero-order valence-corrected chi connectivity index (χ0v) is 14.3. The Bertz CT molecular complexity index is 342. The Morgan fingerprint density at radius 1 is 1.05 bits per heavy atom. The second-order valence-corrected chi connectivity index (χ2v) is 3.62. The molecule has 1 aliphatic rings. The molecule has 20 heavy (non-hydrogen) atoms. The molecular weight excluding hydrogens is 272 g/mol. The van der Waals surface area contributed by atoms with Crippen LogP contribution in [0.5, 0.6) is 0 Å².